The maximum atomic E-state index is 12.1. The van der Waals surface area contributed by atoms with Crippen molar-refractivity contribution in [2.45, 2.75) is 77.5 Å². The highest BCUT2D eigenvalue weighted by Gasteiger charge is 2.29. The first-order valence-electron chi connectivity index (χ1n) is 11.1. The van der Waals surface area contributed by atoms with Crippen LogP contribution in [0, 0.1) is 5.92 Å². The summed E-state index contributed by atoms with van der Waals surface area (Å²) < 4.78 is 24.1. The van der Waals surface area contributed by atoms with Gasteiger partial charge in [0, 0.05) is 19.5 Å². The molecule has 2 aliphatic rings. The zero-order valence-electron chi connectivity index (χ0n) is 18.3. The van der Waals surface area contributed by atoms with E-state index in [0.717, 1.165) is 29.9 Å². The Morgan fingerprint density at radius 3 is 2.45 bits per heavy atom. The number of amides is 1. The average molecular weight is 423 g/mol. The second-order valence-electron chi connectivity index (χ2n) is 8.53. The number of hydrogen-bond donors (Lipinski definition) is 2. The van der Waals surface area contributed by atoms with Crippen molar-refractivity contribution in [3.63, 3.8) is 0 Å². The molecule has 164 valence electrons. The lowest BCUT2D eigenvalue weighted by Crippen LogP contribution is -2.35. The number of hydrogen-bond acceptors (Lipinski definition) is 4. The average Bonchev–Trinajstić information content (AvgIpc) is 2.67. The molecular weight excluding hydrogens is 384 g/mol. The molecule has 6 heteroatoms. The van der Waals surface area contributed by atoms with Gasteiger partial charge >= 0.3 is 0 Å². The number of sulfone groups is 1. The maximum Gasteiger partial charge on any atom is 0.216 e. The third-order valence-electron chi connectivity index (χ3n) is 5.80. The largest absolute Gasteiger partial charge is 0.356 e. The van der Waals surface area contributed by atoms with E-state index < -0.39 is 9.84 Å². The van der Waals surface area contributed by atoms with E-state index in [1.165, 1.54) is 44.6 Å². The number of benzene rings is 1. The third kappa shape index (κ3) is 8.47. The number of rotatable bonds is 6. The summed E-state index contributed by atoms with van der Waals surface area (Å²) in [5.74, 6) is 1.27. The van der Waals surface area contributed by atoms with E-state index in [9.17, 15) is 13.2 Å². The minimum absolute atomic E-state index is 0.0434. The van der Waals surface area contributed by atoms with Crippen LogP contribution in [-0.4, -0.2) is 33.2 Å². The van der Waals surface area contributed by atoms with Crippen molar-refractivity contribution in [1.82, 2.24) is 10.6 Å². The van der Waals surface area contributed by atoms with Crippen molar-refractivity contribution >= 4 is 15.7 Å². The quantitative estimate of drug-likeness (QED) is 0.681. The van der Waals surface area contributed by atoms with E-state index in [1.807, 2.05) is 12.1 Å². The molecule has 29 heavy (non-hydrogen) atoms. The van der Waals surface area contributed by atoms with Crippen molar-refractivity contribution in [3.8, 4) is 0 Å². The van der Waals surface area contributed by atoms with E-state index >= 15 is 0 Å². The standard InChI is InChI=1S/C16H24N2O3S.C7H14/c1-3-13-5-6-14-10-22(20,21)11-16(15(14)9-13)18-8-4-7-17-12(2)19;1-7-5-3-2-4-6-7/h5-6,9,16,18H,3-4,7-8,10-11H2,1-2H3,(H,17,19);7H,2-6H2,1H3. The molecule has 0 aromatic heterocycles. The Hall–Kier alpha value is -1.40. The van der Waals surface area contributed by atoms with E-state index in [1.54, 1.807) is 0 Å². The second kappa shape index (κ2) is 11.7. The molecule has 1 aliphatic carbocycles. The molecule has 1 fully saturated rings. The van der Waals surface area contributed by atoms with Crippen LogP contribution >= 0.6 is 0 Å². The summed E-state index contributed by atoms with van der Waals surface area (Å²) in [4.78, 5) is 10.8. The van der Waals surface area contributed by atoms with Gasteiger partial charge in [-0.3, -0.25) is 4.79 Å². The van der Waals surface area contributed by atoms with Gasteiger partial charge in [0.2, 0.25) is 5.91 Å². The van der Waals surface area contributed by atoms with Crippen LogP contribution in [0.25, 0.3) is 0 Å². The Bertz CT molecular complexity index is 755. The van der Waals surface area contributed by atoms with Crippen LogP contribution < -0.4 is 10.6 Å². The van der Waals surface area contributed by atoms with Gasteiger partial charge in [-0.25, -0.2) is 8.42 Å². The van der Waals surface area contributed by atoms with Crippen LogP contribution in [0.5, 0.6) is 0 Å². The molecule has 5 nitrogen and oxygen atoms in total. The van der Waals surface area contributed by atoms with Gasteiger partial charge in [-0.15, -0.1) is 0 Å². The van der Waals surface area contributed by atoms with Gasteiger partial charge < -0.3 is 10.6 Å². The number of nitrogens with one attached hydrogen (secondary N) is 2. The summed E-state index contributed by atoms with van der Waals surface area (Å²) in [6, 6.07) is 5.91. The summed E-state index contributed by atoms with van der Waals surface area (Å²) >= 11 is 0. The van der Waals surface area contributed by atoms with Crippen LogP contribution in [-0.2, 0) is 26.8 Å². The number of aryl methyl sites for hydroxylation is 1. The molecular formula is C23H38N2O3S. The molecule has 1 aromatic rings. The minimum atomic E-state index is -3.05. The first kappa shape index (κ1) is 23.9. The topological polar surface area (TPSA) is 75.3 Å². The number of carbonyl (C=O) groups excluding carboxylic acids is 1. The monoisotopic (exact) mass is 422 g/mol. The smallest absolute Gasteiger partial charge is 0.216 e. The Morgan fingerprint density at radius 2 is 1.86 bits per heavy atom. The first-order chi connectivity index (χ1) is 13.8. The highest BCUT2D eigenvalue weighted by Crippen LogP contribution is 2.29. The summed E-state index contributed by atoms with van der Waals surface area (Å²) in [6.45, 7) is 7.22. The Kier molecular flexibility index (Phi) is 9.63. The molecule has 1 unspecified atom stereocenters. The van der Waals surface area contributed by atoms with Gasteiger partial charge in [0.05, 0.1) is 11.5 Å². The van der Waals surface area contributed by atoms with Crippen molar-refractivity contribution in [2.24, 2.45) is 5.92 Å². The van der Waals surface area contributed by atoms with Gasteiger partial charge in [-0.05, 0) is 42.0 Å². The lowest BCUT2D eigenvalue weighted by Gasteiger charge is -2.27. The molecule has 1 aliphatic heterocycles. The zero-order valence-corrected chi connectivity index (χ0v) is 19.1. The molecule has 1 saturated carbocycles. The maximum absolute atomic E-state index is 12.1. The van der Waals surface area contributed by atoms with Gasteiger partial charge in [0.1, 0.15) is 0 Å². The molecule has 1 atom stereocenters. The van der Waals surface area contributed by atoms with E-state index in [0.29, 0.717) is 13.1 Å². The molecule has 1 aromatic carbocycles. The highest BCUT2D eigenvalue weighted by molar-refractivity contribution is 7.90. The van der Waals surface area contributed by atoms with E-state index in [-0.39, 0.29) is 23.5 Å². The lowest BCUT2D eigenvalue weighted by atomic mass is 9.91. The van der Waals surface area contributed by atoms with Crippen molar-refractivity contribution in [2.75, 3.05) is 18.8 Å². The van der Waals surface area contributed by atoms with E-state index in [4.69, 9.17) is 0 Å². The van der Waals surface area contributed by atoms with Crippen LogP contribution in [0.1, 0.15) is 82.0 Å². The Balaban J connectivity index is 0.000000360. The summed E-state index contributed by atoms with van der Waals surface area (Å²) in [6.07, 6.45) is 9.15. The molecule has 0 radical (unpaired) electrons. The summed E-state index contributed by atoms with van der Waals surface area (Å²) in [5.41, 5.74) is 3.24. The predicted octanol–water partition coefficient (Wildman–Crippen LogP) is 3.92. The zero-order chi connectivity index (χ0) is 21.3. The number of fused-ring (bicyclic) bond motifs is 1. The number of carbonyl (C=O) groups is 1. The van der Waals surface area contributed by atoms with Crippen molar-refractivity contribution in [3.05, 3.63) is 34.9 Å². The molecule has 1 heterocycles. The van der Waals surface area contributed by atoms with Gasteiger partial charge in [-0.2, -0.15) is 0 Å². The molecule has 0 bridgehead atoms. The van der Waals surface area contributed by atoms with Gasteiger partial charge in [0.15, 0.2) is 9.84 Å². The first-order valence-corrected chi connectivity index (χ1v) is 12.9. The predicted molar refractivity (Wildman–Crippen MR) is 120 cm³/mol. The molecule has 1 amide bonds. The van der Waals surface area contributed by atoms with Crippen molar-refractivity contribution in [1.29, 1.82) is 0 Å². The highest BCUT2D eigenvalue weighted by atomic mass is 32.2. The fourth-order valence-electron chi connectivity index (χ4n) is 4.06. The molecule has 0 spiro atoms. The van der Waals surface area contributed by atoms with Gasteiger partial charge in [0.25, 0.3) is 0 Å². The molecule has 0 saturated heterocycles. The minimum Gasteiger partial charge on any atom is -0.356 e. The second-order valence-corrected chi connectivity index (χ2v) is 10.6. The Labute approximate surface area is 177 Å². The fourth-order valence-corrected chi connectivity index (χ4v) is 5.72. The van der Waals surface area contributed by atoms with Crippen LogP contribution in [0.2, 0.25) is 0 Å². The van der Waals surface area contributed by atoms with Crippen LogP contribution in [0.3, 0.4) is 0 Å². The normalized spacial score (nSPS) is 20.9. The molecule has 3 rings (SSSR count). The van der Waals surface area contributed by atoms with E-state index in [2.05, 4.69) is 30.5 Å². The summed E-state index contributed by atoms with van der Waals surface area (Å²) in [7, 11) is -3.05. The summed E-state index contributed by atoms with van der Waals surface area (Å²) in [5, 5.41) is 6.07. The third-order valence-corrected chi connectivity index (χ3v) is 7.39. The Morgan fingerprint density at radius 1 is 1.14 bits per heavy atom. The van der Waals surface area contributed by atoms with Crippen molar-refractivity contribution < 1.29 is 13.2 Å². The van der Waals surface area contributed by atoms with Crippen LogP contribution in [0.15, 0.2) is 18.2 Å². The molecule has 2 N–H and O–H groups in total. The SMILES string of the molecule is CC1CCCCC1.CCc1ccc2c(c1)C(NCCCNC(C)=O)CS(=O)(=O)C2. The fraction of sp³-hybridized carbons (Fsp3) is 0.696. The lowest BCUT2D eigenvalue weighted by molar-refractivity contribution is -0.118. The van der Waals surface area contributed by atoms with Crippen LogP contribution in [0.4, 0.5) is 0 Å². The van der Waals surface area contributed by atoms with Gasteiger partial charge in [-0.1, -0.05) is 64.2 Å².